The highest BCUT2D eigenvalue weighted by Gasteiger charge is 2.10. The van der Waals surface area contributed by atoms with E-state index in [1.165, 1.54) is 0 Å². The van der Waals surface area contributed by atoms with Gasteiger partial charge in [0.15, 0.2) is 0 Å². The van der Waals surface area contributed by atoms with E-state index < -0.39 is 0 Å². The van der Waals surface area contributed by atoms with Gasteiger partial charge in [0, 0.05) is 10.0 Å². The van der Waals surface area contributed by atoms with E-state index in [1.807, 2.05) is 29.7 Å². The lowest BCUT2D eigenvalue weighted by Gasteiger charge is -2.09. The Bertz CT molecular complexity index is 875. The standard InChI is InChI=1S/C16H11Cl2N3/c1-10-20-15-5-2-11(8-19)6-16(15)21(10)9-12-7-13(17)3-4-14(12)18/h2-7H,9H2,1H3. The van der Waals surface area contributed by atoms with E-state index in [1.54, 1.807) is 18.2 Å². The van der Waals surface area contributed by atoms with Crippen LogP contribution in [0.4, 0.5) is 0 Å². The molecule has 3 rings (SSSR count). The van der Waals surface area contributed by atoms with Crippen molar-refractivity contribution in [3.8, 4) is 6.07 Å². The van der Waals surface area contributed by atoms with E-state index in [2.05, 4.69) is 11.1 Å². The zero-order chi connectivity index (χ0) is 15.0. The first-order chi connectivity index (χ1) is 10.1. The largest absolute Gasteiger partial charge is 0.324 e. The van der Waals surface area contributed by atoms with Crippen molar-refractivity contribution in [3.63, 3.8) is 0 Å². The number of hydrogen-bond donors (Lipinski definition) is 0. The highest BCUT2D eigenvalue weighted by Crippen LogP contribution is 2.24. The van der Waals surface area contributed by atoms with Crippen molar-refractivity contribution in [2.24, 2.45) is 0 Å². The lowest BCUT2D eigenvalue weighted by molar-refractivity contribution is 0.786. The predicted molar refractivity (Wildman–Crippen MR) is 84.7 cm³/mol. The molecule has 0 amide bonds. The molecule has 0 aliphatic carbocycles. The Morgan fingerprint density at radius 3 is 2.76 bits per heavy atom. The van der Waals surface area contributed by atoms with Crippen molar-refractivity contribution in [2.75, 3.05) is 0 Å². The van der Waals surface area contributed by atoms with Crippen molar-refractivity contribution in [1.82, 2.24) is 9.55 Å². The lowest BCUT2D eigenvalue weighted by Crippen LogP contribution is -2.02. The second-order valence-corrected chi connectivity index (χ2v) is 5.64. The summed E-state index contributed by atoms with van der Waals surface area (Å²) in [7, 11) is 0. The van der Waals surface area contributed by atoms with Crippen molar-refractivity contribution in [3.05, 3.63) is 63.4 Å². The molecule has 0 spiro atoms. The van der Waals surface area contributed by atoms with Gasteiger partial charge in [-0.3, -0.25) is 0 Å². The number of rotatable bonds is 2. The second kappa shape index (κ2) is 5.40. The third-order valence-corrected chi connectivity index (χ3v) is 4.01. The Kier molecular flexibility index (Phi) is 3.59. The minimum Gasteiger partial charge on any atom is -0.324 e. The summed E-state index contributed by atoms with van der Waals surface area (Å²) >= 11 is 12.3. The number of imidazole rings is 1. The summed E-state index contributed by atoms with van der Waals surface area (Å²) in [6.07, 6.45) is 0. The number of fused-ring (bicyclic) bond motifs is 1. The molecule has 1 aromatic heterocycles. The fraction of sp³-hybridized carbons (Fsp3) is 0.125. The number of nitrogens with zero attached hydrogens (tertiary/aromatic N) is 3. The van der Waals surface area contributed by atoms with Gasteiger partial charge in [-0.1, -0.05) is 23.2 Å². The molecule has 0 N–H and O–H groups in total. The van der Waals surface area contributed by atoms with Gasteiger partial charge in [-0.05, 0) is 48.9 Å². The fourth-order valence-corrected chi connectivity index (χ4v) is 2.72. The lowest BCUT2D eigenvalue weighted by atomic mass is 10.2. The van der Waals surface area contributed by atoms with Crippen molar-refractivity contribution in [2.45, 2.75) is 13.5 Å². The molecule has 0 saturated carbocycles. The van der Waals surface area contributed by atoms with Gasteiger partial charge >= 0.3 is 0 Å². The van der Waals surface area contributed by atoms with Crippen LogP contribution < -0.4 is 0 Å². The Labute approximate surface area is 132 Å². The molecule has 3 nitrogen and oxygen atoms in total. The van der Waals surface area contributed by atoms with Gasteiger partial charge in [-0.25, -0.2) is 4.98 Å². The highest BCUT2D eigenvalue weighted by atomic mass is 35.5. The summed E-state index contributed by atoms with van der Waals surface area (Å²) in [6.45, 7) is 2.50. The van der Waals surface area contributed by atoms with E-state index in [-0.39, 0.29) is 0 Å². The van der Waals surface area contributed by atoms with Crippen molar-refractivity contribution < 1.29 is 0 Å². The predicted octanol–water partition coefficient (Wildman–Crippen LogP) is 4.57. The van der Waals surface area contributed by atoms with E-state index >= 15 is 0 Å². The molecule has 0 unspecified atom stereocenters. The Morgan fingerprint density at radius 1 is 1.19 bits per heavy atom. The summed E-state index contributed by atoms with van der Waals surface area (Å²) in [6, 6.07) is 13.0. The Morgan fingerprint density at radius 2 is 2.00 bits per heavy atom. The van der Waals surface area contributed by atoms with Gasteiger partial charge in [0.1, 0.15) is 5.82 Å². The topological polar surface area (TPSA) is 41.6 Å². The van der Waals surface area contributed by atoms with Crippen LogP contribution in [0.2, 0.25) is 10.0 Å². The first kappa shape index (κ1) is 13.9. The third-order valence-electron chi connectivity index (χ3n) is 3.40. The maximum Gasteiger partial charge on any atom is 0.107 e. The molecule has 3 aromatic rings. The number of aryl methyl sites for hydroxylation is 1. The minimum absolute atomic E-state index is 0.566. The van der Waals surface area contributed by atoms with E-state index in [0.29, 0.717) is 22.2 Å². The van der Waals surface area contributed by atoms with Gasteiger partial charge in [0.25, 0.3) is 0 Å². The first-order valence-corrected chi connectivity index (χ1v) is 7.15. The summed E-state index contributed by atoms with van der Waals surface area (Å²) in [5, 5.41) is 10.4. The SMILES string of the molecule is Cc1nc2ccc(C#N)cc2n1Cc1cc(Cl)ccc1Cl. The Balaban J connectivity index is 2.14. The van der Waals surface area contributed by atoms with Crippen LogP contribution in [0.3, 0.4) is 0 Å². The quantitative estimate of drug-likeness (QED) is 0.695. The molecule has 0 saturated heterocycles. The first-order valence-electron chi connectivity index (χ1n) is 6.39. The fourth-order valence-electron chi connectivity index (χ4n) is 2.35. The van der Waals surface area contributed by atoms with Crippen LogP contribution in [0.5, 0.6) is 0 Å². The minimum atomic E-state index is 0.566. The van der Waals surface area contributed by atoms with Gasteiger partial charge in [-0.2, -0.15) is 5.26 Å². The molecule has 0 fully saturated rings. The van der Waals surface area contributed by atoms with Crippen LogP contribution in [-0.4, -0.2) is 9.55 Å². The Hall–Kier alpha value is -2.02. The number of hydrogen-bond acceptors (Lipinski definition) is 2. The smallest absolute Gasteiger partial charge is 0.107 e. The molecular formula is C16H11Cl2N3. The average molecular weight is 316 g/mol. The average Bonchev–Trinajstić information content (AvgIpc) is 2.78. The van der Waals surface area contributed by atoms with Crippen LogP contribution in [0.15, 0.2) is 36.4 Å². The normalized spacial score (nSPS) is 10.8. The summed E-state index contributed by atoms with van der Waals surface area (Å²) in [4.78, 5) is 4.51. The van der Waals surface area contributed by atoms with Crippen molar-refractivity contribution in [1.29, 1.82) is 5.26 Å². The molecule has 0 bridgehead atoms. The van der Waals surface area contributed by atoms with Gasteiger partial charge in [0.05, 0.1) is 29.2 Å². The van der Waals surface area contributed by atoms with Crippen LogP contribution in [-0.2, 0) is 6.54 Å². The molecule has 0 aliphatic heterocycles. The number of halogens is 2. The summed E-state index contributed by atoms with van der Waals surface area (Å²) in [5.74, 6) is 0.871. The van der Waals surface area contributed by atoms with Crippen molar-refractivity contribution >= 4 is 34.2 Å². The molecule has 2 aromatic carbocycles. The zero-order valence-electron chi connectivity index (χ0n) is 11.3. The monoisotopic (exact) mass is 315 g/mol. The molecule has 1 heterocycles. The van der Waals surface area contributed by atoms with Crippen LogP contribution in [0.1, 0.15) is 17.0 Å². The van der Waals surface area contributed by atoms with Crippen LogP contribution in [0, 0.1) is 18.3 Å². The maximum atomic E-state index is 9.05. The van der Waals surface area contributed by atoms with Gasteiger partial charge < -0.3 is 4.57 Å². The molecule has 0 aliphatic rings. The number of nitriles is 1. The van der Waals surface area contributed by atoms with Gasteiger partial charge in [-0.15, -0.1) is 0 Å². The van der Waals surface area contributed by atoms with E-state index in [9.17, 15) is 0 Å². The maximum absolute atomic E-state index is 9.05. The highest BCUT2D eigenvalue weighted by molar-refractivity contribution is 6.33. The number of aromatic nitrogens is 2. The molecule has 0 radical (unpaired) electrons. The van der Waals surface area contributed by atoms with Crippen LogP contribution >= 0.6 is 23.2 Å². The molecule has 0 atom stereocenters. The number of benzene rings is 2. The zero-order valence-corrected chi connectivity index (χ0v) is 12.8. The molecule has 5 heteroatoms. The molecular weight excluding hydrogens is 305 g/mol. The summed E-state index contributed by atoms with van der Waals surface area (Å²) < 4.78 is 2.04. The summed E-state index contributed by atoms with van der Waals surface area (Å²) in [5.41, 5.74) is 3.32. The molecule has 104 valence electrons. The third kappa shape index (κ3) is 2.61. The van der Waals surface area contributed by atoms with E-state index in [4.69, 9.17) is 28.5 Å². The van der Waals surface area contributed by atoms with E-state index in [0.717, 1.165) is 22.4 Å². The second-order valence-electron chi connectivity index (χ2n) is 4.80. The van der Waals surface area contributed by atoms with Gasteiger partial charge in [0.2, 0.25) is 0 Å². The van der Waals surface area contributed by atoms with Crippen LogP contribution in [0.25, 0.3) is 11.0 Å². The molecule has 21 heavy (non-hydrogen) atoms.